The van der Waals surface area contributed by atoms with Crippen molar-refractivity contribution in [3.63, 3.8) is 0 Å². The van der Waals surface area contributed by atoms with Crippen LogP contribution in [0.15, 0.2) is 4.47 Å². The minimum atomic E-state index is -1.08. The van der Waals surface area contributed by atoms with Crippen LogP contribution in [0.3, 0.4) is 0 Å². The predicted octanol–water partition coefficient (Wildman–Crippen LogP) is 0.879. The molecule has 1 heterocycles. The predicted molar refractivity (Wildman–Crippen MR) is 39.8 cm³/mol. The van der Waals surface area contributed by atoms with Crippen molar-refractivity contribution < 1.29 is 14.6 Å². The number of hydrogen-bond acceptors (Lipinski definition) is 3. The zero-order valence-electron chi connectivity index (χ0n) is 5.59. The Labute approximate surface area is 70.5 Å². The molecule has 0 bridgehead atoms. The van der Waals surface area contributed by atoms with Gasteiger partial charge in [-0.05, 0) is 15.9 Å². The first-order chi connectivity index (χ1) is 5.16. The monoisotopic (exact) mass is 220 g/mol. The van der Waals surface area contributed by atoms with Crippen LogP contribution in [0, 0.1) is 0 Å². The molecule has 0 spiro atoms. The number of carbonyl (C=O) groups is 1. The number of carboxylic acids is 1. The van der Waals surface area contributed by atoms with Crippen molar-refractivity contribution in [2.45, 2.75) is 0 Å². The normalized spacial score (nSPS) is 9.64. The molecular formula is C5H5BrN2O3. The molecule has 0 radical (unpaired) electrons. The average molecular weight is 221 g/mol. The molecule has 1 rings (SSSR count). The van der Waals surface area contributed by atoms with Crippen molar-refractivity contribution in [2.24, 2.45) is 0 Å². The highest BCUT2D eigenvalue weighted by Gasteiger charge is 2.15. The number of aromatic carboxylic acids is 1. The Morgan fingerprint density at radius 2 is 2.45 bits per heavy atom. The van der Waals surface area contributed by atoms with E-state index in [2.05, 4.69) is 26.1 Å². The lowest BCUT2D eigenvalue weighted by Gasteiger charge is -1.91. The van der Waals surface area contributed by atoms with Crippen molar-refractivity contribution in [3.8, 4) is 5.88 Å². The number of halogens is 1. The average Bonchev–Trinajstić information content (AvgIpc) is 2.30. The van der Waals surface area contributed by atoms with Gasteiger partial charge in [0.25, 0.3) is 0 Å². The van der Waals surface area contributed by atoms with Gasteiger partial charge in [-0.1, -0.05) is 0 Å². The summed E-state index contributed by atoms with van der Waals surface area (Å²) >= 11 is 3.01. The van der Waals surface area contributed by atoms with Crippen LogP contribution in [-0.2, 0) is 0 Å². The summed E-state index contributed by atoms with van der Waals surface area (Å²) in [7, 11) is 1.41. The molecule has 0 unspecified atom stereocenters. The maximum absolute atomic E-state index is 10.4. The van der Waals surface area contributed by atoms with Crippen LogP contribution in [0.2, 0.25) is 0 Å². The number of carboxylic acid groups (broad SMARTS) is 1. The molecule has 0 aliphatic carbocycles. The van der Waals surface area contributed by atoms with Crippen molar-refractivity contribution in [1.82, 2.24) is 10.2 Å². The van der Waals surface area contributed by atoms with E-state index in [4.69, 9.17) is 9.84 Å². The van der Waals surface area contributed by atoms with E-state index >= 15 is 0 Å². The van der Waals surface area contributed by atoms with E-state index in [1.165, 1.54) is 7.11 Å². The smallest absolute Gasteiger partial charge is 0.355 e. The second-order valence-corrected chi connectivity index (χ2v) is 2.52. The molecule has 0 saturated carbocycles. The Hall–Kier alpha value is -1.04. The topological polar surface area (TPSA) is 75.2 Å². The van der Waals surface area contributed by atoms with E-state index in [1.807, 2.05) is 0 Å². The Morgan fingerprint density at radius 1 is 1.82 bits per heavy atom. The van der Waals surface area contributed by atoms with Crippen molar-refractivity contribution >= 4 is 21.9 Å². The molecule has 60 valence electrons. The van der Waals surface area contributed by atoms with Gasteiger partial charge in [-0.2, -0.15) is 0 Å². The van der Waals surface area contributed by atoms with E-state index in [1.54, 1.807) is 0 Å². The van der Waals surface area contributed by atoms with Crippen LogP contribution in [0.4, 0.5) is 0 Å². The quantitative estimate of drug-likeness (QED) is 0.777. The lowest BCUT2D eigenvalue weighted by Crippen LogP contribution is -1.96. The first kappa shape index (κ1) is 8.06. The molecule has 0 aliphatic heterocycles. The van der Waals surface area contributed by atoms with Gasteiger partial charge in [0.2, 0.25) is 5.88 Å². The van der Waals surface area contributed by atoms with Crippen LogP contribution >= 0.6 is 15.9 Å². The van der Waals surface area contributed by atoms with Gasteiger partial charge in [-0.25, -0.2) is 4.79 Å². The van der Waals surface area contributed by atoms with Crippen LogP contribution in [0.1, 0.15) is 10.5 Å². The lowest BCUT2D eigenvalue weighted by atomic mass is 10.4. The number of ether oxygens (including phenoxy) is 1. The third-order valence-corrected chi connectivity index (χ3v) is 1.82. The molecule has 0 amide bonds. The summed E-state index contributed by atoms with van der Waals surface area (Å²) in [4.78, 5) is 10.4. The Bertz CT molecular complexity index is 283. The fourth-order valence-electron chi connectivity index (χ4n) is 0.589. The fourth-order valence-corrected chi connectivity index (χ4v) is 1.10. The first-order valence-electron chi connectivity index (χ1n) is 2.68. The third kappa shape index (κ3) is 1.35. The summed E-state index contributed by atoms with van der Waals surface area (Å²) in [6.07, 6.45) is 0. The van der Waals surface area contributed by atoms with E-state index in [0.717, 1.165) is 0 Å². The molecule has 0 aliphatic rings. The van der Waals surface area contributed by atoms with Gasteiger partial charge in [0.15, 0.2) is 5.69 Å². The summed E-state index contributed by atoms with van der Waals surface area (Å²) in [6, 6.07) is 0. The van der Waals surface area contributed by atoms with Crippen LogP contribution in [0.5, 0.6) is 5.88 Å². The van der Waals surface area contributed by atoms with E-state index < -0.39 is 5.97 Å². The molecule has 0 aromatic carbocycles. The van der Waals surface area contributed by atoms with Gasteiger partial charge < -0.3 is 9.84 Å². The zero-order valence-corrected chi connectivity index (χ0v) is 7.17. The summed E-state index contributed by atoms with van der Waals surface area (Å²) < 4.78 is 5.05. The second-order valence-electron chi connectivity index (χ2n) is 1.73. The van der Waals surface area contributed by atoms with Crippen molar-refractivity contribution in [3.05, 3.63) is 10.2 Å². The SMILES string of the molecule is COc1n[nH]c(C(=O)O)c1Br. The van der Waals surface area contributed by atoms with Gasteiger partial charge in [0.1, 0.15) is 4.47 Å². The van der Waals surface area contributed by atoms with Crippen LogP contribution in [0.25, 0.3) is 0 Å². The molecule has 0 atom stereocenters. The minimum absolute atomic E-state index is 0.0122. The molecule has 1 aromatic rings. The highest BCUT2D eigenvalue weighted by atomic mass is 79.9. The molecule has 11 heavy (non-hydrogen) atoms. The number of H-pyrrole nitrogens is 1. The van der Waals surface area contributed by atoms with E-state index in [0.29, 0.717) is 4.47 Å². The third-order valence-electron chi connectivity index (χ3n) is 1.08. The molecule has 1 aromatic heterocycles. The number of aromatic nitrogens is 2. The summed E-state index contributed by atoms with van der Waals surface area (Å²) in [6.45, 7) is 0. The molecular weight excluding hydrogens is 216 g/mol. The van der Waals surface area contributed by atoms with Gasteiger partial charge in [0, 0.05) is 0 Å². The molecule has 2 N–H and O–H groups in total. The van der Waals surface area contributed by atoms with Gasteiger partial charge in [0.05, 0.1) is 7.11 Å². The Balaban J connectivity index is 3.10. The second kappa shape index (κ2) is 2.91. The van der Waals surface area contributed by atoms with Crippen LogP contribution in [-0.4, -0.2) is 28.4 Å². The number of methoxy groups -OCH3 is 1. The number of aromatic amines is 1. The Morgan fingerprint density at radius 3 is 2.73 bits per heavy atom. The van der Waals surface area contributed by atoms with Crippen LogP contribution < -0.4 is 4.74 Å². The van der Waals surface area contributed by atoms with Gasteiger partial charge >= 0.3 is 5.97 Å². The van der Waals surface area contributed by atoms with E-state index in [-0.39, 0.29) is 11.6 Å². The minimum Gasteiger partial charge on any atom is -0.479 e. The molecule has 6 heteroatoms. The lowest BCUT2D eigenvalue weighted by molar-refractivity contribution is 0.0689. The molecule has 0 fully saturated rings. The highest BCUT2D eigenvalue weighted by molar-refractivity contribution is 9.10. The summed E-state index contributed by atoms with van der Waals surface area (Å²) in [5.74, 6) is -0.838. The Kier molecular flexibility index (Phi) is 2.13. The van der Waals surface area contributed by atoms with Gasteiger partial charge in [-0.3, -0.25) is 5.10 Å². The van der Waals surface area contributed by atoms with Crippen molar-refractivity contribution in [1.29, 1.82) is 0 Å². The maximum atomic E-state index is 10.4. The number of nitrogens with one attached hydrogen (secondary N) is 1. The standard InChI is InChI=1S/C5H5BrN2O3/c1-11-4-2(6)3(5(9)10)7-8-4/h1H3,(H,7,8)(H,9,10). The number of rotatable bonds is 2. The largest absolute Gasteiger partial charge is 0.479 e. The van der Waals surface area contributed by atoms with Crippen molar-refractivity contribution in [2.75, 3.05) is 7.11 Å². The molecule has 0 saturated heterocycles. The number of nitrogens with zero attached hydrogens (tertiary/aromatic N) is 1. The highest BCUT2D eigenvalue weighted by Crippen LogP contribution is 2.24. The first-order valence-corrected chi connectivity index (χ1v) is 3.47. The number of hydrogen-bond donors (Lipinski definition) is 2. The fraction of sp³-hybridized carbons (Fsp3) is 0.200. The van der Waals surface area contributed by atoms with E-state index in [9.17, 15) is 4.79 Å². The molecule has 5 nitrogen and oxygen atoms in total. The summed E-state index contributed by atoms with van der Waals surface area (Å²) in [5.41, 5.74) is -0.0122. The van der Waals surface area contributed by atoms with Gasteiger partial charge in [-0.15, -0.1) is 5.10 Å². The summed E-state index contributed by atoms with van der Waals surface area (Å²) in [5, 5.41) is 14.4. The maximum Gasteiger partial charge on any atom is 0.355 e. The zero-order chi connectivity index (χ0) is 8.43.